The Balaban J connectivity index is 1.66. The number of rotatable bonds is 4. The number of benzene rings is 4. The molecule has 0 fully saturated rings. The van der Waals surface area contributed by atoms with Crippen molar-refractivity contribution in [2.45, 2.75) is 9.92 Å². The van der Waals surface area contributed by atoms with Crippen molar-refractivity contribution in [1.82, 2.24) is 9.97 Å². The summed E-state index contributed by atoms with van der Waals surface area (Å²) in [5.41, 5.74) is 2.47. The maximum Gasteiger partial charge on any atom is 0.164 e. The molecule has 0 saturated heterocycles. The van der Waals surface area contributed by atoms with Crippen LogP contribution in [-0.4, -0.2) is 9.97 Å². The normalized spacial score (nSPS) is 11.2. The molecule has 1 N–H and O–H groups in total. The Morgan fingerprint density at radius 3 is 2.03 bits per heavy atom. The molecule has 0 aliphatic heterocycles. The summed E-state index contributed by atoms with van der Waals surface area (Å²) in [7, 11) is 0. The third-order valence-corrected chi connectivity index (χ3v) is 6.67. The minimum atomic E-state index is 0.604. The molecule has 0 aliphatic rings. The Labute approximate surface area is 198 Å². The van der Waals surface area contributed by atoms with Crippen LogP contribution in [0.1, 0.15) is 0 Å². The average molecular weight is 483 g/mol. The van der Waals surface area contributed by atoms with E-state index in [1.54, 1.807) is 12.1 Å². The van der Waals surface area contributed by atoms with E-state index in [9.17, 15) is 0 Å². The molecule has 0 amide bonds. The van der Waals surface area contributed by atoms with E-state index in [1.807, 2.05) is 54.6 Å². The lowest BCUT2D eigenvalue weighted by atomic mass is 10.1. The number of hydrogen-bond acceptors (Lipinski definition) is 4. The van der Waals surface area contributed by atoms with Crippen molar-refractivity contribution in [2.24, 2.45) is 0 Å². The maximum absolute atomic E-state index is 6.41. The average Bonchev–Trinajstić information content (AvgIpc) is 2.77. The minimum Gasteiger partial charge on any atom is -0.338 e. The summed E-state index contributed by atoms with van der Waals surface area (Å²) in [5, 5.41) is 8.17. The van der Waals surface area contributed by atoms with Gasteiger partial charge in [0.2, 0.25) is 0 Å². The van der Waals surface area contributed by atoms with Crippen molar-refractivity contribution < 1.29 is 0 Å². The van der Waals surface area contributed by atoms with Crippen LogP contribution in [0.2, 0.25) is 15.1 Å². The van der Waals surface area contributed by atoms with Gasteiger partial charge in [0.1, 0.15) is 5.03 Å². The lowest BCUT2D eigenvalue weighted by Gasteiger charge is -2.13. The van der Waals surface area contributed by atoms with Crippen molar-refractivity contribution in [3.05, 3.63) is 93.9 Å². The monoisotopic (exact) mass is 481 g/mol. The zero-order valence-corrected chi connectivity index (χ0v) is 19.0. The maximum atomic E-state index is 6.41. The Hall–Kier alpha value is -2.50. The molecule has 0 unspecified atom stereocenters. The van der Waals surface area contributed by atoms with Gasteiger partial charge in [-0.1, -0.05) is 70.8 Å². The van der Waals surface area contributed by atoms with Gasteiger partial charge in [-0.3, -0.25) is 0 Å². The molecule has 31 heavy (non-hydrogen) atoms. The standard InChI is InChI=1S/C24H14Cl3N3S/c25-16-5-8-18(9-6-16)28-23-24(31-22-13-17(26)7-10-19(22)27)30-21-12-15-4-2-1-3-14(15)11-20(21)29-23/h1-13H,(H,28,29). The van der Waals surface area contributed by atoms with Crippen LogP contribution in [0.3, 0.4) is 0 Å². The van der Waals surface area contributed by atoms with Gasteiger partial charge in [0, 0.05) is 20.6 Å². The fraction of sp³-hybridized carbons (Fsp3) is 0. The number of halogens is 3. The van der Waals surface area contributed by atoms with Crippen molar-refractivity contribution in [3.63, 3.8) is 0 Å². The fourth-order valence-electron chi connectivity index (χ4n) is 3.21. The number of fused-ring (bicyclic) bond motifs is 2. The first kappa shape index (κ1) is 20.4. The first-order valence-corrected chi connectivity index (χ1v) is 11.4. The second-order valence-electron chi connectivity index (χ2n) is 6.87. The number of nitrogens with one attached hydrogen (secondary N) is 1. The zero-order chi connectivity index (χ0) is 21.4. The van der Waals surface area contributed by atoms with Crippen LogP contribution in [0.15, 0.2) is 88.8 Å². The summed E-state index contributed by atoms with van der Waals surface area (Å²) >= 11 is 20.1. The Bertz CT molecular complexity index is 1420. The molecule has 1 heterocycles. The first-order valence-electron chi connectivity index (χ1n) is 9.41. The van der Waals surface area contributed by atoms with E-state index in [-0.39, 0.29) is 0 Å². The Morgan fingerprint density at radius 1 is 0.677 bits per heavy atom. The quantitative estimate of drug-likeness (QED) is 0.260. The van der Waals surface area contributed by atoms with Crippen molar-refractivity contribution in [1.29, 1.82) is 0 Å². The second kappa shape index (κ2) is 8.56. The Kier molecular flexibility index (Phi) is 5.63. The highest BCUT2D eigenvalue weighted by Crippen LogP contribution is 2.39. The molecular formula is C24H14Cl3N3S. The second-order valence-corrected chi connectivity index (χ2v) is 9.18. The highest BCUT2D eigenvalue weighted by Gasteiger charge is 2.14. The summed E-state index contributed by atoms with van der Waals surface area (Å²) in [5.74, 6) is 0.631. The van der Waals surface area contributed by atoms with Crippen LogP contribution >= 0.6 is 46.6 Å². The SMILES string of the molecule is Clc1ccc(Nc2nc3cc4ccccc4cc3nc2Sc2cc(Cl)ccc2Cl)cc1. The molecule has 0 aliphatic carbocycles. The van der Waals surface area contributed by atoms with E-state index in [0.717, 1.165) is 32.4 Å². The molecule has 152 valence electrons. The van der Waals surface area contributed by atoms with Crippen molar-refractivity contribution in [3.8, 4) is 0 Å². The van der Waals surface area contributed by atoms with Gasteiger partial charge in [0.25, 0.3) is 0 Å². The zero-order valence-electron chi connectivity index (χ0n) is 15.9. The number of nitrogens with zero attached hydrogens (tertiary/aromatic N) is 2. The van der Waals surface area contributed by atoms with E-state index in [2.05, 4.69) is 17.4 Å². The third-order valence-electron chi connectivity index (χ3n) is 4.71. The lowest BCUT2D eigenvalue weighted by Crippen LogP contribution is -1.99. The van der Waals surface area contributed by atoms with Crippen LogP contribution < -0.4 is 5.32 Å². The van der Waals surface area contributed by atoms with E-state index in [1.165, 1.54) is 11.8 Å². The summed E-state index contributed by atoms with van der Waals surface area (Å²) in [6, 6.07) is 25.1. The lowest BCUT2D eigenvalue weighted by molar-refractivity contribution is 1.12. The van der Waals surface area contributed by atoms with E-state index < -0.39 is 0 Å². The molecule has 5 rings (SSSR count). The van der Waals surface area contributed by atoms with Gasteiger partial charge in [-0.25, -0.2) is 9.97 Å². The smallest absolute Gasteiger partial charge is 0.164 e. The number of anilines is 2. The van der Waals surface area contributed by atoms with Crippen molar-refractivity contribution >= 4 is 79.9 Å². The highest BCUT2D eigenvalue weighted by molar-refractivity contribution is 7.99. The van der Waals surface area contributed by atoms with Gasteiger partial charge in [-0.05, 0) is 65.4 Å². The summed E-state index contributed by atoms with van der Waals surface area (Å²) in [4.78, 5) is 10.6. The molecule has 0 radical (unpaired) electrons. The van der Waals surface area contributed by atoms with E-state index in [4.69, 9.17) is 44.8 Å². The number of hydrogen-bond donors (Lipinski definition) is 1. The van der Waals surface area contributed by atoms with Gasteiger partial charge < -0.3 is 5.32 Å². The van der Waals surface area contributed by atoms with Crippen LogP contribution in [0.4, 0.5) is 11.5 Å². The van der Waals surface area contributed by atoms with Gasteiger partial charge in [0.15, 0.2) is 5.82 Å². The molecule has 3 nitrogen and oxygen atoms in total. The molecular weight excluding hydrogens is 469 g/mol. The summed E-state index contributed by atoms with van der Waals surface area (Å²) in [6.07, 6.45) is 0. The van der Waals surface area contributed by atoms with Crippen LogP contribution in [-0.2, 0) is 0 Å². The molecule has 0 saturated carbocycles. The van der Waals surface area contributed by atoms with Gasteiger partial charge in [0.05, 0.1) is 16.1 Å². The largest absolute Gasteiger partial charge is 0.338 e. The fourth-order valence-corrected chi connectivity index (χ4v) is 4.70. The molecule has 0 atom stereocenters. The van der Waals surface area contributed by atoms with Gasteiger partial charge in [-0.15, -0.1) is 0 Å². The molecule has 7 heteroatoms. The van der Waals surface area contributed by atoms with Crippen LogP contribution in [0.5, 0.6) is 0 Å². The molecule has 4 aromatic carbocycles. The van der Waals surface area contributed by atoms with Gasteiger partial charge >= 0.3 is 0 Å². The van der Waals surface area contributed by atoms with Gasteiger partial charge in [-0.2, -0.15) is 0 Å². The van der Waals surface area contributed by atoms with Crippen LogP contribution in [0.25, 0.3) is 21.8 Å². The molecule has 5 aromatic rings. The third kappa shape index (κ3) is 4.43. The Morgan fingerprint density at radius 2 is 1.32 bits per heavy atom. The number of aromatic nitrogens is 2. The predicted molar refractivity (Wildman–Crippen MR) is 132 cm³/mol. The molecule has 0 spiro atoms. The minimum absolute atomic E-state index is 0.604. The summed E-state index contributed by atoms with van der Waals surface area (Å²) in [6.45, 7) is 0. The molecule has 0 bridgehead atoms. The highest BCUT2D eigenvalue weighted by atomic mass is 35.5. The van der Waals surface area contributed by atoms with E-state index >= 15 is 0 Å². The van der Waals surface area contributed by atoms with Crippen molar-refractivity contribution in [2.75, 3.05) is 5.32 Å². The summed E-state index contributed by atoms with van der Waals surface area (Å²) < 4.78 is 0. The topological polar surface area (TPSA) is 37.8 Å². The first-order chi connectivity index (χ1) is 15.0. The van der Waals surface area contributed by atoms with E-state index in [0.29, 0.717) is 25.9 Å². The molecule has 1 aromatic heterocycles. The van der Waals surface area contributed by atoms with Crippen LogP contribution in [0, 0.1) is 0 Å². The predicted octanol–water partition coefficient (Wildman–Crippen LogP) is 8.64.